The normalized spacial score (nSPS) is 27.2. The fourth-order valence-electron chi connectivity index (χ4n) is 3.55. The molecule has 2 fully saturated rings. The Kier molecular flexibility index (Phi) is 5.27. The van der Waals surface area contributed by atoms with Crippen LogP contribution < -0.4 is 5.32 Å². The van der Waals surface area contributed by atoms with Crippen molar-refractivity contribution in [2.75, 3.05) is 46.8 Å². The minimum absolute atomic E-state index is 0.500. The van der Waals surface area contributed by atoms with Gasteiger partial charge < -0.3 is 15.1 Å². The Morgan fingerprint density at radius 3 is 2.58 bits per heavy atom. The first-order chi connectivity index (χ1) is 9.02. The molecule has 1 aliphatic carbocycles. The van der Waals surface area contributed by atoms with E-state index in [0.29, 0.717) is 5.54 Å². The third kappa shape index (κ3) is 3.93. The van der Waals surface area contributed by atoms with E-state index >= 15 is 0 Å². The van der Waals surface area contributed by atoms with Gasteiger partial charge >= 0.3 is 0 Å². The first-order valence-electron chi connectivity index (χ1n) is 8.12. The molecule has 1 saturated carbocycles. The summed E-state index contributed by atoms with van der Waals surface area (Å²) < 4.78 is 0. The molecule has 1 saturated heterocycles. The predicted octanol–water partition coefficient (Wildman–Crippen LogP) is 2.04. The Hall–Kier alpha value is -0.120. The van der Waals surface area contributed by atoms with E-state index in [-0.39, 0.29) is 0 Å². The number of likely N-dealkylation sites (tertiary alicyclic amines) is 1. The topological polar surface area (TPSA) is 18.5 Å². The van der Waals surface area contributed by atoms with Gasteiger partial charge in [-0.3, -0.25) is 0 Å². The Morgan fingerprint density at radius 2 is 2.05 bits per heavy atom. The maximum atomic E-state index is 3.62. The number of hydrogen-bond donors (Lipinski definition) is 1. The van der Waals surface area contributed by atoms with Gasteiger partial charge in [-0.15, -0.1) is 0 Å². The maximum absolute atomic E-state index is 3.62. The number of hydrogen-bond acceptors (Lipinski definition) is 3. The summed E-state index contributed by atoms with van der Waals surface area (Å²) in [7, 11) is 4.52. The van der Waals surface area contributed by atoms with Crippen molar-refractivity contribution in [2.45, 2.75) is 45.1 Å². The standard InChI is InChI=1S/C16H33N3/c1-14(2)10-17-11-15-6-9-19(12-15)13-16(18(3)4)7-5-8-16/h14-15,17H,5-13H2,1-4H3. The van der Waals surface area contributed by atoms with Crippen molar-refractivity contribution in [1.82, 2.24) is 15.1 Å². The van der Waals surface area contributed by atoms with Gasteiger partial charge in [0.05, 0.1) is 0 Å². The van der Waals surface area contributed by atoms with Gasteiger partial charge in [-0.1, -0.05) is 13.8 Å². The average Bonchev–Trinajstić information content (AvgIpc) is 2.70. The highest BCUT2D eigenvalue weighted by Gasteiger charge is 2.41. The van der Waals surface area contributed by atoms with Crippen molar-refractivity contribution in [3.8, 4) is 0 Å². The van der Waals surface area contributed by atoms with Crippen LogP contribution in [0, 0.1) is 11.8 Å². The van der Waals surface area contributed by atoms with Crippen molar-refractivity contribution in [3.63, 3.8) is 0 Å². The molecule has 2 rings (SSSR count). The number of rotatable bonds is 7. The Labute approximate surface area is 119 Å². The van der Waals surface area contributed by atoms with Gasteiger partial charge in [-0.2, -0.15) is 0 Å². The van der Waals surface area contributed by atoms with Crippen molar-refractivity contribution in [2.24, 2.45) is 11.8 Å². The largest absolute Gasteiger partial charge is 0.316 e. The minimum atomic E-state index is 0.500. The molecule has 1 heterocycles. The van der Waals surface area contributed by atoms with E-state index in [1.165, 1.54) is 51.9 Å². The molecule has 19 heavy (non-hydrogen) atoms. The van der Waals surface area contributed by atoms with Crippen LogP contribution in [-0.2, 0) is 0 Å². The van der Waals surface area contributed by atoms with Gasteiger partial charge in [-0.05, 0) is 71.2 Å². The quantitative estimate of drug-likeness (QED) is 0.761. The zero-order valence-corrected chi connectivity index (χ0v) is 13.4. The zero-order chi connectivity index (χ0) is 13.9. The molecule has 0 amide bonds. The molecule has 0 aromatic carbocycles. The van der Waals surface area contributed by atoms with Gasteiger partial charge in [0.1, 0.15) is 0 Å². The Morgan fingerprint density at radius 1 is 1.32 bits per heavy atom. The summed E-state index contributed by atoms with van der Waals surface area (Å²) in [4.78, 5) is 5.18. The SMILES string of the molecule is CC(C)CNCC1CCN(CC2(N(C)C)CCC2)C1. The van der Waals surface area contributed by atoms with E-state index in [1.807, 2.05) is 0 Å². The smallest absolute Gasteiger partial charge is 0.0330 e. The highest BCUT2D eigenvalue weighted by molar-refractivity contribution is 4.99. The van der Waals surface area contributed by atoms with Crippen LogP contribution in [-0.4, -0.2) is 62.2 Å². The second-order valence-corrected chi connectivity index (χ2v) is 7.41. The first kappa shape index (κ1) is 15.3. The average molecular weight is 267 g/mol. The minimum Gasteiger partial charge on any atom is -0.316 e. The molecular formula is C16H33N3. The van der Waals surface area contributed by atoms with Crippen molar-refractivity contribution in [1.29, 1.82) is 0 Å². The van der Waals surface area contributed by atoms with Crippen molar-refractivity contribution in [3.05, 3.63) is 0 Å². The van der Waals surface area contributed by atoms with E-state index in [0.717, 1.165) is 18.4 Å². The summed E-state index contributed by atoms with van der Waals surface area (Å²) in [6.45, 7) is 10.9. The van der Waals surface area contributed by atoms with E-state index in [9.17, 15) is 0 Å². The van der Waals surface area contributed by atoms with Crippen LogP contribution in [0.3, 0.4) is 0 Å². The van der Waals surface area contributed by atoms with Gasteiger partial charge in [0.15, 0.2) is 0 Å². The summed E-state index contributed by atoms with van der Waals surface area (Å²) in [5, 5.41) is 3.62. The Balaban J connectivity index is 1.70. The molecule has 0 radical (unpaired) electrons. The highest BCUT2D eigenvalue weighted by Crippen LogP contribution is 2.37. The molecule has 1 unspecified atom stereocenters. The van der Waals surface area contributed by atoms with Gasteiger partial charge in [0.2, 0.25) is 0 Å². The van der Waals surface area contributed by atoms with Crippen LogP contribution in [0.4, 0.5) is 0 Å². The van der Waals surface area contributed by atoms with E-state index in [2.05, 4.69) is 43.1 Å². The molecule has 1 aliphatic heterocycles. The Bertz CT molecular complexity index is 271. The van der Waals surface area contributed by atoms with Crippen LogP contribution >= 0.6 is 0 Å². The highest BCUT2D eigenvalue weighted by atomic mass is 15.2. The summed E-state index contributed by atoms with van der Waals surface area (Å²) in [6, 6.07) is 0. The lowest BCUT2D eigenvalue weighted by atomic mass is 9.75. The monoisotopic (exact) mass is 267 g/mol. The molecule has 1 N–H and O–H groups in total. The summed E-state index contributed by atoms with van der Waals surface area (Å²) in [5.41, 5.74) is 0.500. The van der Waals surface area contributed by atoms with Crippen LogP contribution in [0.5, 0.6) is 0 Å². The third-order valence-corrected chi connectivity index (χ3v) is 5.11. The van der Waals surface area contributed by atoms with Crippen LogP contribution in [0.2, 0.25) is 0 Å². The molecule has 0 spiro atoms. The lowest BCUT2D eigenvalue weighted by Crippen LogP contribution is -2.57. The van der Waals surface area contributed by atoms with Crippen LogP contribution in [0.15, 0.2) is 0 Å². The van der Waals surface area contributed by atoms with E-state index < -0.39 is 0 Å². The van der Waals surface area contributed by atoms with E-state index in [1.54, 1.807) is 0 Å². The second kappa shape index (κ2) is 6.55. The molecule has 112 valence electrons. The zero-order valence-electron chi connectivity index (χ0n) is 13.4. The van der Waals surface area contributed by atoms with Gasteiger partial charge in [-0.25, -0.2) is 0 Å². The fraction of sp³-hybridized carbons (Fsp3) is 1.00. The van der Waals surface area contributed by atoms with Gasteiger partial charge in [0, 0.05) is 18.6 Å². The molecule has 2 aliphatic rings. The molecule has 0 aromatic rings. The maximum Gasteiger partial charge on any atom is 0.0330 e. The predicted molar refractivity (Wildman–Crippen MR) is 82.5 cm³/mol. The van der Waals surface area contributed by atoms with E-state index in [4.69, 9.17) is 0 Å². The summed E-state index contributed by atoms with van der Waals surface area (Å²) >= 11 is 0. The van der Waals surface area contributed by atoms with Crippen LogP contribution in [0.1, 0.15) is 39.5 Å². The fourth-order valence-corrected chi connectivity index (χ4v) is 3.55. The van der Waals surface area contributed by atoms with Crippen molar-refractivity contribution >= 4 is 0 Å². The molecule has 0 bridgehead atoms. The van der Waals surface area contributed by atoms with Crippen LogP contribution in [0.25, 0.3) is 0 Å². The molecule has 3 nitrogen and oxygen atoms in total. The molecule has 0 aromatic heterocycles. The van der Waals surface area contributed by atoms with Gasteiger partial charge in [0.25, 0.3) is 0 Å². The van der Waals surface area contributed by atoms with Crippen molar-refractivity contribution < 1.29 is 0 Å². The summed E-state index contributed by atoms with van der Waals surface area (Å²) in [6.07, 6.45) is 5.60. The lowest BCUT2D eigenvalue weighted by molar-refractivity contribution is 0.0262. The third-order valence-electron chi connectivity index (χ3n) is 5.11. The molecule has 1 atom stereocenters. The molecular weight excluding hydrogens is 234 g/mol. The number of nitrogens with one attached hydrogen (secondary N) is 1. The second-order valence-electron chi connectivity index (χ2n) is 7.41. The first-order valence-corrected chi connectivity index (χ1v) is 8.12. The molecule has 3 heteroatoms. The lowest BCUT2D eigenvalue weighted by Gasteiger charge is -2.49. The summed E-state index contributed by atoms with van der Waals surface area (Å²) in [5.74, 6) is 1.64. The number of nitrogens with zero attached hydrogens (tertiary/aromatic N) is 2. The number of likely N-dealkylation sites (N-methyl/N-ethyl adjacent to an activating group) is 1.